The Hall–Kier alpha value is -2.82. The van der Waals surface area contributed by atoms with Crippen molar-refractivity contribution < 1.29 is 9.59 Å². The van der Waals surface area contributed by atoms with Gasteiger partial charge in [0.2, 0.25) is 5.91 Å². The molecule has 1 aliphatic carbocycles. The van der Waals surface area contributed by atoms with Crippen LogP contribution in [0.2, 0.25) is 0 Å². The fourth-order valence-electron chi connectivity index (χ4n) is 4.79. The van der Waals surface area contributed by atoms with Crippen molar-refractivity contribution in [2.75, 3.05) is 32.0 Å². The van der Waals surface area contributed by atoms with E-state index in [0.29, 0.717) is 19.0 Å². The third-order valence-corrected chi connectivity index (χ3v) is 6.30. The Morgan fingerprint density at radius 1 is 1.07 bits per heavy atom. The highest BCUT2D eigenvalue weighted by Crippen LogP contribution is 2.38. The summed E-state index contributed by atoms with van der Waals surface area (Å²) in [5.41, 5.74) is 5.95. The fraction of sp³-hybridized carbons (Fsp3) is 0.364. The maximum Gasteiger partial charge on any atom is 0.321 e. The molecule has 3 amide bonds. The number of benzene rings is 2. The van der Waals surface area contributed by atoms with E-state index < -0.39 is 0 Å². The minimum atomic E-state index is -0.102. The molecule has 5 heteroatoms. The number of fused-ring (bicyclic) bond motifs is 4. The first-order chi connectivity index (χ1) is 13.1. The molecular weight excluding hydrogens is 338 g/mol. The Morgan fingerprint density at radius 2 is 1.89 bits per heavy atom. The van der Waals surface area contributed by atoms with Gasteiger partial charge in [0.15, 0.2) is 0 Å². The number of nitrogens with one attached hydrogen (secondary N) is 1. The van der Waals surface area contributed by atoms with Crippen LogP contribution in [0.4, 0.5) is 10.5 Å². The Labute approximate surface area is 159 Å². The summed E-state index contributed by atoms with van der Waals surface area (Å²) >= 11 is 0. The van der Waals surface area contributed by atoms with Crippen LogP contribution in [-0.4, -0.2) is 48.4 Å². The molecule has 2 saturated heterocycles. The minimum absolute atomic E-state index is 0.0379. The van der Waals surface area contributed by atoms with E-state index in [4.69, 9.17) is 0 Å². The van der Waals surface area contributed by atoms with E-state index in [1.807, 2.05) is 13.1 Å². The van der Waals surface area contributed by atoms with Gasteiger partial charge in [-0.15, -0.1) is 0 Å². The van der Waals surface area contributed by atoms with E-state index >= 15 is 0 Å². The van der Waals surface area contributed by atoms with Crippen LogP contribution in [0.1, 0.15) is 17.5 Å². The van der Waals surface area contributed by atoms with Crippen molar-refractivity contribution in [1.82, 2.24) is 9.80 Å². The predicted octanol–water partition coefficient (Wildman–Crippen LogP) is 3.20. The van der Waals surface area contributed by atoms with Crippen LogP contribution in [-0.2, 0) is 11.2 Å². The molecule has 0 spiro atoms. The normalized spacial score (nSPS) is 23.1. The number of rotatable bonds is 1. The van der Waals surface area contributed by atoms with Crippen LogP contribution in [0.15, 0.2) is 42.5 Å². The average molecular weight is 361 g/mol. The monoisotopic (exact) mass is 361 g/mol. The zero-order valence-electron chi connectivity index (χ0n) is 15.4. The van der Waals surface area contributed by atoms with Crippen LogP contribution >= 0.6 is 0 Å². The topological polar surface area (TPSA) is 52.6 Å². The SMILES string of the molecule is CN1CC[C@@H]2CN(C(=O)Nc3ccc4c(c3)Cc3ccccc3-4)C[C@@H]2C1=O. The number of nitrogens with zero attached hydrogens (tertiary/aromatic N) is 2. The van der Waals surface area contributed by atoms with Gasteiger partial charge in [-0.05, 0) is 53.1 Å². The predicted molar refractivity (Wildman–Crippen MR) is 105 cm³/mol. The van der Waals surface area contributed by atoms with E-state index in [1.165, 1.54) is 22.3 Å². The number of anilines is 1. The van der Waals surface area contributed by atoms with Crippen molar-refractivity contribution in [3.8, 4) is 11.1 Å². The molecule has 2 fully saturated rings. The largest absolute Gasteiger partial charge is 0.345 e. The van der Waals surface area contributed by atoms with Gasteiger partial charge in [-0.1, -0.05) is 30.3 Å². The van der Waals surface area contributed by atoms with Gasteiger partial charge in [0.1, 0.15) is 0 Å². The van der Waals surface area contributed by atoms with Crippen LogP contribution in [0.25, 0.3) is 11.1 Å². The summed E-state index contributed by atoms with van der Waals surface area (Å²) in [4.78, 5) is 28.7. The summed E-state index contributed by atoms with van der Waals surface area (Å²) < 4.78 is 0. The number of hydrogen-bond acceptors (Lipinski definition) is 2. The van der Waals surface area contributed by atoms with Gasteiger partial charge >= 0.3 is 6.03 Å². The van der Waals surface area contributed by atoms with Crippen molar-refractivity contribution in [2.24, 2.45) is 11.8 Å². The third-order valence-electron chi connectivity index (χ3n) is 6.30. The number of hydrogen-bond donors (Lipinski definition) is 1. The number of urea groups is 1. The van der Waals surface area contributed by atoms with Crippen molar-refractivity contribution in [1.29, 1.82) is 0 Å². The molecule has 3 aliphatic rings. The van der Waals surface area contributed by atoms with Crippen LogP contribution < -0.4 is 5.32 Å². The zero-order chi connectivity index (χ0) is 18.5. The van der Waals surface area contributed by atoms with Crippen molar-refractivity contribution in [3.05, 3.63) is 53.6 Å². The van der Waals surface area contributed by atoms with Crippen LogP contribution in [0, 0.1) is 11.8 Å². The molecule has 27 heavy (non-hydrogen) atoms. The third kappa shape index (κ3) is 2.69. The second-order valence-electron chi connectivity index (χ2n) is 7.96. The Bertz CT molecular complexity index is 939. The lowest BCUT2D eigenvalue weighted by atomic mass is 9.88. The number of likely N-dealkylation sites (tertiary alicyclic amines) is 2. The number of amides is 3. The minimum Gasteiger partial charge on any atom is -0.345 e. The highest BCUT2D eigenvalue weighted by molar-refractivity contribution is 5.92. The Kier molecular flexibility index (Phi) is 3.71. The molecule has 5 rings (SSSR count). The molecule has 1 N–H and O–H groups in total. The summed E-state index contributed by atoms with van der Waals surface area (Å²) in [6.45, 7) is 1.99. The molecule has 0 radical (unpaired) electrons. The molecule has 0 saturated carbocycles. The van der Waals surface area contributed by atoms with Gasteiger partial charge in [-0.3, -0.25) is 4.79 Å². The molecule has 5 nitrogen and oxygen atoms in total. The Balaban J connectivity index is 1.30. The molecule has 2 atom stereocenters. The van der Waals surface area contributed by atoms with Crippen molar-refractivity contribution in [3.63, 3.8) is 0 Å². The number of carbonyl (C=O) groups excluding carboxylic acids is 2. The van der Waals surface area contributed by atoms with E-state index in [-0.39, 0.29) is 17.9 Å². The lowest BCUT2D eigenvalue weighted by molar-refractivity contribution is -0.137. The molecular formula is C22H23N3O2. The maximum atomic E-state index is 12.8. The second kappa shape index (κ2) is 6.12. The van der Waals surface area contributed by atoms with Gasteiger partial charge in [-0.25, -0.2) is 4.79 Å². The standard InChI is InChI=1S/C22H23N3O2/c1-24-9-8-15-12-25(13-20(15)21(24)26)22(27)23-17-6-7-19-16(11-17)10-14-4-2-3-5-18(14)19/h2-7,11,15,20H,8-10,12-13H2,1H3,(H,23,27)/t15-,20+/m1/s1. The molecule has 2 aromatic rings. The van der Waals surface area contributed by atoms with Crippen molar-refractivity contribution >= 4 is 17.6 Å². The molecule has 2 aliphatic heterocycles. The molecule has 0 bridgehead atoms. The van der Waals surface area contributed by atoms with Crippen molar-refractivity contribution in [2.45, 2.75) is 12.8 Å². The van der Waals surface area contributed by atoms with Gasteiger partial charge in [0.25, 0.3) is 0 Å². The molecule has 2 aromatic carbocycles. The maximum absolute atomic E-state index is 12.8. The summed E-state index contributed by atoms with van der Waals surface area (Å²) in [5, 5.41) is 3.04. The van der Waals surface area contributed by atoms with Gasteiger partial charge < -0.3 is 15.1 Å². The summed E-state index contributed by atoms with van der Waals surface area (Å²) in [6.07, 6.45) is 1.89. The highest BCUT2D eigenvalue weighted by Gasteiger charge is 2.43. The average Bonchev–Trinajstić information content (AvgIpc) is 3.26. The molecule has 0 aromatic heterocycles. The number of carbonyl (C=O) groups is 2. The lowest BCUT2D eigenvalue weighted by Crippen LogP contribution is -2.42. The summed E-state index contributed by atoms with van der Waals surface area (Å²) in [5.74, 6) is 0.440. The summed E-state index contributed by atoms with van der Waals surface area (Å²) in [7, 11) is 1.85. The number of piperidine rings is 1. The zero-order valence-corrected chi connectivity index (χ0v) is 15.4. The summed E-state index contributed by atoms with van der Waals surface area (Å²) in [6, 6.07) is 14.5. The Morgan fingerprint density at radius 3 is 2.78 bits per heavy atom. The van der Waals surface area contributed by atoms with Gasteiger partial charge in [0, 0.05) is 32.4 Å². The first kappa shape index (κ1) is 16.4. The van der Waals surface area contributed by atoms with E-state index in [2.05, 4.69) is 41.7 Å². The van der Waals surface area contributed by atoms with E-state index in [9.17, 15) is 9.59 Å². The first-order valence-corrected chi connectivity index (χ1v) is 9.62. The lowest BCUT2D eigenvalue weighted by Gasteiger charge is -2.30. The smallest absolute Gasteiger partial charge is 0.321 e. The van der Waals surface area contributed by atoms with E-state index in [1.54, 1.807) is 9.80 Å². The highest BCUT2D eigenvalue weighted by atomic mass is 16.2. The van der Waals surface area contributed by atoms with Crippen LogP contribution in [0.3, 0.4) is 0 Å². The van der Waals surface area contributed by atoms with Crippen LogP contribution in [0.5, 0.6) is 0 Å². The first-order valence-electron chi connectivity index (χ1n) is 9.62. The molecule has 0 unspecified atom stereocenters. The second-order valence-corrected chi connectivity index (χ2v) is 7.96. The van der Waals surface area contributed by atoms with E-state index in [0.717, 1.165) is 25.1 Å². The molecule has 138 valence electrons. The van der Waals surface area contributed by atoms with Gasteiger partial charge in [0.05, 0.1) is 5.92 Å². The quantitative estimate of drug-likeness (QED) is 0.724. The van der Waals surface area contributed by atoms with Gasteiger partial charge in [-0.2, -0.15) is 0 Å². The molecule has 2 heterocycles. The fourth-order valence-corrected chi connectivity index (χ4v) is 4.79.